The van der Waals surface area contributed by atoms with Crippen molar-refractivity contribution in [1.29, 1.82) is 0 Å². The van der Waals surface area contributed by atoms with Crippen molar-refractivity contribution in [3.05, 3.63) is 0 Å². The molecule has 2 heteroatoms. The second-order valence-electron chi connectivity index (χ2n) is 14.7. The standard InChI is InChI=1S/C11H18F2.C11H22.C10H18/c1-8(2)9-4-3-5-10(6-9)7-11(10,12)13;1-9(2)4-6-11-7-5-10(3)8-11;1-7(2)10-5-8-3-9(4-8)6-10/h8-9H,3-7H2,1-2H3;9-11H,4-8H2,1-3H3;7-10H,3-6H2,1-2H3/t;10-,11?;/m.0./s1. The molecule has 1 spiro atoms. The van der Waals surface area contributed by atoms with Gasteiger partial charge in [-0.15, -0.1) is 0 Å². The lowest BCUT2D eigenvalue weighted by Gasteiger charge is -2.46. The lowest BCUT2D eigenvalue weighted by Crippen LogP contribution is -2.35. The fourth-order valence-corrected chi connectivity index (χ4v) is 7.76. The van der Waals surface area contributed by atoms with Crippen LogP contribution in [0.15, 0.2) is 0 Å². The quantitative estimate of drug-likeness (QED) is 0.367. The Morgan fingerprint density at radius 2 is 1.35 bits per heavy atom. The number of alkyl halides is 2. The van der Waals surface area contributed by atoms with E-state index < -0.39 is 11.3 Å². The molecular formula is C32H58F2. The van der Waals surface area contributed by atoms with Crippen LogP contribution in [0.2, 0.25) is 0 Å². The Morgan fingerprint density at radius 3 is 1.76 bits per heavy atom. The van der Waals surface area contributed by atoms with Crippen LogP contribution in [-0.2, 0) is 0 Å². The zero-order chi connectivity index (χ0) is 25.1. The summed E-state index contributed by atoms with van der Waals surface area (Å²) < 4.78 is 26.2. The minimum atomic E-state index is -2.32. The SMILES string of the molecule is CC(C)C1CC2CC(C2)C1.CC(C)C1CCCC2(C1)CC2(F)F.CC(C)CCC1CC[C@H](C)C1. The smallest absolute Gasteiger partial charge is 0.206 e. The Morgan fingerprint density at radius 1 is 0.765 bits per heavy atom. The average Bonchev–Trinajstić information content (AvgIpc) is 3.06. The predicted octanol–water partition coefficient (Wildman–Crippen LogP) is 10.8. The van der Waals surface area contributed by atoms with Crippen molar-refractivity contribution in [2.45, 2.75) is 144 Å². The van der Waals surface area contributed by atoms with E-state index in [4.69, 9.17) is 0 Å². The number of hydrogen-bond donors (Lipinski definition) is 0. The minimum absolute atomic E-state index is 0.170. The highest BCUT2D eigenvalue weighted by atomic mass is 19.3. The van der Waals surface area contributed by atoms with E-state index in [0.29, 0.717) is 11.8 Å². The second-order valence-corrected chi connectivity index (χ2v) is 14.7. The first kappa shape index (κ1) is 28.4. The van der Waals surface area contributed by atoms with Gasteiger partial charge in [0.25, 0.3) is 5.92 Å². The molecule has 0 amide bonds. The summed E-state index contributed by atoms with van der Waals surface area (Å²) in [5.41, 5.74) is -0.555. The number of halogens is 2. The Kier molecular flexibility index (Phi) is 9.98. The molecule has 6 rings (SSSR count). The van der Waals surface area contributed by atoms with Crippen LogP contribution in [0.5, 0.6) is 0 Å². The number of rotatable bonds is 5. The van der Waals surface area contributed by atoms with Crippen LogP contribution in [0.25, 0.3) is 0 Å². The second kappa shape index (κ2) is 11.9. The molecule has 0 radical (unpaired) electrons. The summed E-state index contributed by atoms with van der Waals surface area (Å²) in [6, 6.07) is 0. The monoisotopic (exact) mass is 480 g/mol. The normalized spacial score (nSPS) is 39.9. The molecular weight excluding hydrogens is 422 g/mol. The van der Waals surface area contributed by atoms with E-state index in [0.717, 1.165) is 67.1 Å². The lowest BCUT2D eigenvalue weighted by molar-refractivity contribution is 0.0309. The van der Waals surface area contributed by atoms with Crippen LogP contribution in [0, 0.1) is 58.7 Å². The zero-order valence-electron chi connectivity index (χ0n) is 23.9. The fraction of sp³-hybridized carbons (Fsp3) is 1.00. The molecule has 200 valence electrons. The third-order valence-corrected chi connectivity index (χ3v) is 10.5. The largest absolute Gasteiger partial charge is 0.254 e. The summed E-state index contributed by atoms with van der Waals surface area (Å²) in [6.45, 7) is 16.1. The summed E-state index contributed by atoms with van der Waals surface area (Å²) in [6.07, 6.45) is 17.6. The molecule has 4 atom stereocenters. The van der Waals surface area contributed by atoms with Gasteiger partial charge in [-0.05, 0) is 98.2 Å². The summed E-state index contributed by atoms with van der Waals surface area (Å²) in [5, 5.41) is 0. The van der Waals surface area contributed by atoms with Crippen LogP contribution in [0.4, 0.5) is 8.78 Å². The summed E-state index contributed by atoms with van der Waals surface area (Å²) in [4.78, 5) is 0. The molecule has 6 aliphatic carbocycles. The van der Waals surface area contributed by atoms with E-state index in [9.17, 15) is 8.78 Å². The number of fused-ring (bicyclic) bond motifs is 2. The predicted molar refractivity (Wildman–Crippen MR) is 143 cm³/mol. The molecule has 6 aliphatic rings. The summed E-state index contributed by atoms with van der Waals surface area (Å²) >= 11 is 0. The summed E-state index contributed by atoms with van der Waals surface area (Å²) in [5.74, 6) is 6.13. The molecule has 0 aliphatic heterocycles. The van der Waals surface area contributed by atoms with Gasteiger partial charge in [0.05, 0.1) is 0 Å². The maximum Gasteiger partial charge on any atom is 0.254 e. The highest BCUT2D eigenvalue weighted by Crippen LogP contribution is 2.68. The van der Waals surface area contributed by atoms with Gasteiger partial charge < -0.3 is 0 Å². The Balaban J connectivity index is 0.000000144. The van der Waals surface area contributed by atoms with Crippen LogP contribution in [-0.4, -0.2) is 5.92 Å². The third-order valence-electron chi connectivity index (χ3n) is 10.5. The van der Waals surface area contributed by atoms with Crippen molar-refractivity contribution < 1.29 is 8.78 Å². The van der Waals surface area contributed by atoms with Crippen molar-refractivity contribution >= 4 is 0 Å². The van der Waals surface area contributed by atoms with Gasteiger partial charge in [-0.3, -0.25) is 0 Å². The van der Waals surface area contributed by atoms with Crippen molar-refractivity contribution in [3.63, 3.8) is 0 Å². The van der Waals surface area contributed by atoms with Crippen LogP contribution in [0.3, 0.4) is 0 Å². The minimum Gasteiger partial charge on any atom is -0.206 e. The molecule has 0 saturated heterocycles. The zero-order valence-corrected chi connectivity index (χ0v) is 23.9. The number of hydrogen-bond acceptors (Lipinski definition) is 0. The Bertz CT molecular complexity index is 592. The van der Waals surface area contributed by atoms with Gasteiger partial charge in [0.2, 0.25) is 0 Å². The first-order chi connectivity index (χ1) is 15.9. The molecule has 0 aromatic carbocycles. The van der Waals surface area contributed by atoms with Gasteiger partial charge in [-0.25, -0.2) is 8.78 Å². The van der Waals surface area contributed by atoms with E-state index in [1.165, 1.54) is 32.1 Å². The maximum absolute atomic E-state index is 13.1. The van der Waals surface area contributed by atoms with Crippen LogP contribution < -0.4 is 0 Å². The average molecular weight is 481 g/mol. The molecule has 0 heterocycles. The first-order valence-electron chi connectivity index (χ1n) is 15.3. The van der Waals surface area contributed by atoms with Gasteiger partial charge in [-0.2, -0.15) is 0 Å². The molecule has 34 heavy (non-hydrogen) atoms. The van der Waals surface area contributed by atoms with Gasteiger partial charge >= 0.3 is 0 Å². The van der Waals surface area contributed by atoms with E-state index in [1.807, 2.05) is 0 Å². The highest BCUT2D eigenvalue weighted by molar-refractivity contribution is 5.12. The van der Waals surface area contributed by atoms with Crippen LogP contribution in [0.1, 0.15) is 138 Å². The lowest BCUT2D eigenvalue weighted by atomic mass is 9.59. The Labute approximate surface area is 211 Å². The van der Waals surface area contributed by atoms with E-state index in [-0.39, 0.29) is 6.42 Å². The van der Waals surface area contributed by atoms with Gasteiger partial charge in [0.15, 0.2) is 0 Å². The topological polar surface area (TPSA) is 0 Å². The fourth-order valence-electron chi connectivity index (χ4n) is 7.76. The van der Waals surface area contributed by atoms with Gasteiger partial charge in [0, 0.05) is 11.8 Å². The highest BCUT2D eigenvalue weighted by Gasteiger charge is 2.71. The molecule has 0 N–H and O–H groups in total. The molecule has 0 aromatic rings. The molecule has 3 unspecified atom stereocenters. The van der Waals surface area contributed by atoms with E-state index in [2.05, 4.69) is 48.5 Å². The van der Waals surface area contributed by atoms with Crippen molar-refractivity contribution in [2.24, 2.45) is 58.7 Å². The van der Waals surface area contributed by atoms with Gasteiger partial charge in [0.1, 0.15) is 0 Å². The third kappa shape index (κ3) is 7.68. The molecule has 2 bridgehead atoms. The molecule has 0 aromatic heterocycles. The molecule has 0 nitrogen and oxygen atoms in total. The van der Waals surface area contributed by atoms with E-state index >= 15 is 0 Å². The Hall–Kier alpha value is -0.140. The maximum atomic E-state index is 13.1. The molecule has 6 fully saturated rings. The van der Waals surface area contributed by atoms with E-state index in [1.54, 1.807) is 25.7 Å². The van der Waals surface area contributed by atoms with Gasteiger partial charge in [-0.1, -0.05) is 87.0 Å². The van der Waals surface area contributed by atoms with Crippen molar-refractivity contribution in [3.8, 4) is 0 Å². The van der Waals surface area contributed by atoms with Crippen molar-refractivity contribution in [2.75, 3.05) is 0 Å². The summed E-state index contributed by atoms with van der Waals surface area (Å²) in [7, 11) is 0. The van der Waals surface area contributed by atoms with Crippen molar-refractivity contribution in [1.82, 2.24) is 0 Å². The molecule has 6 saturated carbocycles. The first-order valence-corrected chi connectivity index (χ1v) is 15.3. The van der Waals surface area contributed by atoms with Crippen LogP contribution >= 0.6 is 0 Å².